The van der Waals surface area contributed by atoms with E-state index in [4.69, 9.17) is 11.6 Å². The van der Waals surface area contributed by atoms with Crippen LogP contribution in [-0.4, -0.2) is 36.3 Å². The number of rotatable bonds is 8. The third kappa shape index (κ3) is 6.31. The van der Waals surface area contributed by atoms with Crippen molar-refractivity contribution >= 4 is 23.4 Å². The highest BCUT2D eigenvalue weighted by molar-refractivity contribution is 6.30. The molecule has 1 aliphatic heterocycles. The van der Waals surface area contributed by atoms with Crippen LogP contribution in [0.15, 0.2) is 54.6 Å². The van der Waals surface area contributed by atoms with Crippen molar-refractivity contribution in [1.82, 2.24) is 15.5 Å². The first-order valence-corrected chi connectivity index (χ1v) is 10.5. The second kappa shape index (κ2) is 10.4. The van der Waals surface area contributed by atoms with E-state index in [1.165, 1.54) is 25.3 Å². The van der Waals surface area contributed by atoms with Crippen molar-refractivity contribution in [3.8, 4) is 0 Å². The number of nitrogens with zero attached hydrogens (tertiary/aromatic N) is 1. The average molecular weight is 414 g/mol. The lowest BCUT2D eigenvalue weighted by Gasteiger charge is -2.28. The molecule has 0 bridgehead atoms. The number of nitrogens with one attached hydrogen (secondary N) is 2. The Morgan fingerprint density at radius 1 is 1.00 bits per heavy atom. The molecule has 3 rings (SSSR count). The summed E-state index contributed by atoms with van der Waals surface area (Å²) in [5.74, 6) is -0.254. The Morgan fingerprint density at radius 3 is 2.28 bits per heavy atom. The minimum atomic E-state index is -0.383. The summed E-state index contributed by atoms with van der Waals surface area (Å²) in [5, 5.41) is 6.57. The number of halogens is 1. The van der Waals surface area contributed by atoms with Gasteiger partial charge < -0.3 is 10.6 Å². The lowest BCUT2D eigenvalue weighted by atomic mass is 10.0. The van der Waals surface area contributed by atoms with Gasteiger partial charge in [-0.05, 0) is 49.2 Å². The van der Waals surface area contributed by atoms with Crippen molar-refractivity contribution in [2.75, 3.05) is 19.6 Å². The smallest absolute Gasteiger partial charge is 0.222 e. The Balaban J connectivity index is 1.65. The number of hydrogen-bond donors (Lipinski definition) is 2. The Hall–Kier alpha value is -2.37. The molecule has 2 N–H and O–H groups in total. The molecule has 1 fully saturated rings. The zero-order valence-electron chi connectivity index (χ0n) is 16.7. The molecule has 154 valence electrons. The van der Waals surface area contributed by atoms with Gasteiger partial charge >= 0.3 is 0 Å². The van der Waals surface area contributed by atoms with Crippen LogP contribution in [0.5, 0.6) is 0 Å². The third-order valence-electron chi connectivity index (χ3n) is 5.30. The summed E-state index contributed by atoms with van der Waals surface area (Å²) in [6.45, 7) is 4.11. The molecule has 6 heteroatoms. The first-order valence-electron chi connectivity index (χ1n) is 10.1. The monoisotopic (exact) mass is 413 g/mol. The number of carbonyl (C=O) groups excluding carboxylic acids is 2. The van der Waals surface area contributed by atoms with Gasteiger partial charge in [0, 0.05) is 18.5 Å². The predicted molar refractivity (Wildman–Crippen MR) is 116 cm³/mol. The van der Waals surface area contributed by atoms with Crippen LogP contribution in [0, 0.1) is 0 Å². The summed E-state index contributed by atoms with van der Waals surface area (Å²) in [6.07, 6.45) is 2.57. The summed E-state index contributed by atoms with van der Waals surface area (Å²) in [7, 11) is 0. The number of amides is 2. The molecule has 1 heterocycles. The van der Waals surface area contributed by atoms with Crippen molar-refractivity contribution in [2.45, 2.75) is 38.3 Å². The first-order chi connectivity index (χ1) is 14.0. The van der Waals surface area contributed by atoms with E-state index in [9.17, 15) is 9.59 Å². The van der Waals surface area contributed by atoms with E-state index < -0.39 is 0 Å². The van der Waals surface area contributed by atoms with Crippen LogP contribution in [0.4, 0.5) is 0 Å². The van der Waals surface area contributed by atoms with Crippen molar-refractivity contribution in [1.29, 1.82) is 0 Å². The summed E-state index contributed by atoms with van der Waals surface area (Å²) >= 11 is 5.96. The fourth-order valence-electron chi connectivity index (χ4n) is 3.85. The van der Waals surface area contributed by atoms with Gasteiger partial charge in [-0.2, -0.15) is 0 Å². The van der Waals surface area contributed by atoms with E-state index >= 15 is 0 Å². The van der Waals surface area contributed by atoms with Gasteiger partial charge in [0.1, 0.15) is 0 Å². The summed E-state index contributed by atoms with van der Waals surface area (Å²) in [6, 6.07) is 17.3. The molecule has 2 atom stereocenters. The van der Waals surface area contributed by atoms with Crippen molar-refractivity contribution in [3.63, 3.8) is 0 Å². The maximum absolute atomic E-state index is 12.7. The Morgan fingerprint density at radius 2 is 1.66 bits per heavy atom. The van der Waals surface area contributed by atoms with Gasteiger partial charge in [0.25, 0.3) is 0 Å². The van der Waals surface area contributed by atoms with Crippen molar-refractivity contribution in [3.05, 3.63) is 70.7 Å². The molecule has 29 heavy (non-hydrogen) atoms. The van der Waals surface area contributed by atoms with Crippen LogP contribution in [-0.2, 0) is 9.59 Å². The molecule has 0 aromatic heterocycles. The zero-order chi connectivity index (χ0) is 20.6. The van der Waals surface area contributed by atoms with Gasteiger partial charge in [0.05, 0.1) is 18.5 Å². The Labute approximate surface area is 177 Å². The Bertz CT molecular complexity index is 805. The van der Waals surface area contributed by atoms with E-state index in [0.717, 1.165) is 18.7 Å². The molecule has 0 saturated carbocycles. The second-order valence-corrected chi connectivity index (χ2v) is 7.92. The van der Waals surface area contributed by atoms with Gasteiger partial charge in [-0.25, -0.2) is 0 Å². The molecular formula is C23H28ClN3O2. The molecular weight excluding hydrogens is 386 g/mol. The number of hydrogen-bond acceptors (Lipinski definition) is 3. The highest BCUT2D eigenvalue weighted by Gasteiger charge is 2.24. The zero-order valence-corrected chi connectivity index (χ0v) is 17.5. The molecule has 2 aromatic carbocycles. The molecule has 0 spiro atoms. The molecule has 0 radical (unpaired) electrons. The topological polar surface area (TPSA) is 61.4 Å². The fraction of sp³-hybridized carbons (Fsp3) is 0.391. The number of carbonyl (C=O) groups is 2. The molecule has 5 nitrogen and oxygen atoms in total. The standard InChI is InChI=1S/C23H28ClN3O2/c1-17(28)26-21(18-9-11-20(24)12-10-18)15-23(29)25-16-22(27-13-5-6-14-27)19-7-3-2-4-8-19/h2-4,7-12,21-22H,5-6,13-16H2,1H3,(H,25,29)(H,26,28)/t21-,22-/m0/s1. The molecule has 0 unspecified atom stereocenters. The van der Waals surface area contributed by atoms with E-state index in [0.29, 0.717) is 11.6 Å². The maximum atomic E-state index is 12.7. The van der Waals surface area contributed by atoms with Gasteiger partial charge in [0.2, 0.25) is 11.8 Å². The minimum absolute atomic E-state index is 0.0844. The molecule has 0 aliphatic carbocycles. The van der Waals surface area contributed by atoms with Crippen LogP contribution in [0.2, 0.25) is 5.02 Å². The molecule has 2 aromatic rings. The number of benzene rings is 2. The lowest BCUT2D eigenvalue weighted by molar-refractivity contribution is -0.123. The van der Waals surface area contributed by atoms with Gasteiger partial charge in [-0.3, -0.25) is 14.5 Å². The lowest BCUT2D eigenvalue weighted by Crippen LogP contribution is -2.38. The first kappa shape index (κ1) is 21.3. The quantitative estimate of drug-likeness (QED) is 0.690. The highest BCUT2D eigenvalue weighted by Crippen LogP contribution is 2.25. The summed E-state index contributed by atoms with van der Waals surface area (Å²) in [5.41, 5.74) is 2.07. The minimum Gasteiger partial charge on any atom is -0.354 e. The van der Waals surface area contributed by atoms with Crippen LogP contribution < -0.4 is 10.6 Å². The molecule has 1 aliphatic rings. The van der Waals surface area contributed by atoms with Crippen molar-refractivity contribution < 1.29 is 9.59 Å². The van der Waals surface area contributed by atoms with Crippen LogP contribution in [0.1, 0.15) is 49.4 Å². The predicted octanol–water partition coefficient (Wildman–Crippen LogP) is 3.86. The largest absolute Gasteiger partial charge is 0.354 e. The van der Waals surface area contributed by atoms with Gasteiger partial charge in [0.15, 0.2) is 0 Å². The normalized spacial score (nSPS) is 16.2. The van der Waals surface area contributed by atoms with E-state index in [-0.39, 0.29) is 30.3 Å². The van der Waals surface area contributed by atoms with E-state index in [1.54, 1.807) is 12.1 Å². The second-order valence-electron chi connectivity index (χ2n) is 7.48. The maximum Gasteiger partial charge on any atom is 0.222 e. The van der Waals surface area contributed by atoms with Gasteiger partial charge in [-0.15, -0.1) is 0 Å². The third-order valence-corrected chi connectivity index (χ3v) is 5.55. The molecule has 2 amide bonds. The highest BCUT2D eigenvalue weighted by atomic mass is 35.5. The summed E-state index contributed by atoms with van der Waals surface area (Å²) in [4.78, 5) is 26.8. The van der Waals surface area contributed by atoms with E-state index in [2.05, 4.69) is 27.7 Å². The SMILES string of the molecule is CC(=O)N[C@@H](CC(=O)NC[C@@H](c1ccccc1)N1CCCC1)c1ccc(Cl)cc1. The van der Waals surface area contributed by atoms with Crippen molar-refractivity contribution in [2.24, 2.45) is 0 Å². The number of likely N-dealkylation sites (tertiary alicyclic amines) is 1. The van der Waals surface area contributed by atoms with Crippen LogP contribution in [0.3, 0.4) is 0 Å². The van der Waals surface area contributed by atoms with E-state index in [1.807, 2.05) is 30.3 Å². The Kier molecular flexibility index (Phi) is 7.67. The van der Waals surface area contributed by atoms with Gasteiger partial charge in [-0.1, -0.05) is 54.1 Å². The summed E-state index contributed by atoms with van der Waals surface area (Å²) < 4.78 is 0. The van der Waals surface area contributed by atoms with Crippen LogP contribution >= 0.6 is 11.6 Å². The van der Waals surface area contributed by atoms with Crippen LogP contribution in [0.25, 0.3) is 0 Å². The molecule has 1 saturated heterocycles. The fourth-order valence-corrected chi connectivity index (χ4v) is 3.97. The average Bonchev–Trinajstić information content (AvgIpc) is 3.23.